The smallest absolute Gasteiger partial charge is 0.325 e. The van der Waals surface area contributed by atoms with Crippen LogP contribution < -0.4 is 4.72 Å². The van der Waals surface area contributed by atoms with Gasteiger partial charge in [-0.15, -0.1) is 0 Å². The van der Waals surface area contributed by atoms with Gasteiger partial charge in [0, 0.05) is 6.04 Å². The molecule has 166 valence electrons. The molecule has 3 rings (SSSR count). The first kappa shape index (κ1) is 22.7. The lowest BCUT2D eigenvalue weighted by Gasteiger charge is -2.26. The fraction of sp³-hybridized carbons (Fsp3) is 0.381. The van der Waals surface area contributed by atoms with Crippen LogP contribution in [0, 0.1) is 0 Å². The minimum absolute atomic E-state index is 0.0854. The molecular weight excluding hydrogens is 424 g/mol. The second-order valence-electron chi connectivity index (χ2n) is 7.28. The maximum atomic E-state index is 13.0. The molecule has 1 aliphatic carbocycles. The van der Waals surface area contributed by atoms with Gasteiger partial charge in [0.15, 0.2) is 0 Å². The lowest BCUT2D eigenvalue weighted by molar-refractivity contribution is -0.150. The van der Waals surface area contributed by atoms with Crippen molar-refractivity contribution in [3.8, 4) is 0 Å². The van der Waals surface area contributed by atoms with Crippen LogP contribution in [-0.2, 0) is 29.1 Å². The van der Waals surface area contributed by atoms with Crippen LogP contribution in [0.1, 0.15) is 26.2 Å². The van der Waals surface area contributed by atoms with Crippen LogP contribution in [0.3, 0.4) is 0 Å². The lowest BCUT2D eigenvalue weighted by Crippen LogP contribution is -2.51. The van der Waals surface area contributed by atoms with E-state index in [0.717, 1.165) is 5.39 Å². The Bertz CT molecular complexity index is 1100. The zero-order valence-corrected chi connectivity index (χ0v) is 17.8. The van der Waals surface area contributed by atoms with Crippen molar-refractivity contribution in [2.45, 2.75) is 43.2 Å². The Morgan fingerprint density at radius 1 is 1.16 bits per heavy atom. The molecule has 10 heteroatoms. The molecule has 0 aliphatic heterocycles. The quantitative estimate of drug-likeness (QED) is 0.527. The van der Waals surface area contributed by atoms with E-state index in [-0.39, 0.29) is 24.1 Å². The van der Waals surface area contributed by atoms with Gasteiger partial charge in [0.2, 0.25) is 15.9 Å². The van der Waals surface area contributed by atoms with E-state index in [1.54, 1.807) is 25.1 Å². The number of nitrogens with zero attached hydrogens (tertiary/aromatic N) is 1. The van der Waals surface area contributed by atoms with Crippen molar-refractivity contribution in [3.63, 3.8) is 0 Å². The average Bonchev–Trinajstić information content (AvgIpc) is 3.55. The van der Waals surface area contributed by atoms with Crippen LogP contribution >= 0.6 is 0 Å². The minimum atomic E-state index is -4.20. The molecule has 1 aliphatic rings. The summed E-state index contributed by atoms with van der Waals surface area (Å²) >= 11 is 0. The van der Waals surface area contributed by atoms with Gasteiger partial charge in [-0.1, -0.05) is 30.3 Å². The summed E-state index contributed by atoms with van der Waals surface area (Å²) in [5.74, 6) is -2.73. The third-order valence-electron chi connectivity index (χ3n) is 4.88. The predicted molar refractivity (Wildman–Crippen MR) is 112 cm³/mol. The Labute approximate surface area is 180 Å². The normalized spacial score (nSPS) is 14.7. The zero-order valence-electron chi connectivity index (χ0n) is 17.0. The second-order valence-corrected chi connectivity index (χ2v) is 9.00. The SMILES string of the molecule is CCOC(=O)CN(C(=O)C(CC(=O)O)NS(=O)(=O)c1ccc2ccccc2c1)C1CC1. The molecule has 2 aromatic rings. The Balaban J connectivity index is 1.85. The number of esters is 1. The van der Waals surface area contributed by atoms with Crippen molar-refractivity contribution in [1.29, 1.82) is 0 Å². The molecule has 0 spiro atoms. The number of carboxylic acid groups (broad SMARTS) is 1. The number of nitrogens with one attached hydrogen (secondary N) is 1. The molecule has 2 aromatic carbocycles. The van der Waals surface area contributed by atoms with E-state index in [1.807, 2.05) is 12.1 Å². The fourth-order valence-electron chi connectivity index (χ4n) is 3.26. The molecule has 1 atom stereocenters. The van der Waals surface area contributed by atoms with E-state index in [4.69, 9.17) is 4.74 Å². The number of sulfonamides is 1. The Morgan fingerprint density at radius 3 is 2.45 bits per heavy atom. The lowest BCUT2D eigenvalue weighted by atomic mass is 10.1. The maximum absolute atomic E-state index is 13.0. The number of carbonyl (C=O) groups excluding carboxylic acids is 2. The highest BCUT2D eigenvalue weighted by Gasteiger charge is 2.39. The van der Waals surface area contributed by atoms with Crippen molar-refractivity contribution >= 4 is 38.6 Å². The number of rotatable bonds is 10. The number of aliphatic carboxylic acids is 1. The number of benzene rings is 2. The molecular formula is C21H24N2O7S. The van der Waals surface area contributed by atoms with Gasteiger partial charge in [0.1, 0.15) is 12.6 Å². The summed E-state index contributed by atoms with van der Waals surface area (Å²) in [5.41, 5.74) is 0. The number of fused-ring (bicyclic) bond motifs is 1. The topological polar surface area (TPSA) is 130 Å². The highest BCUT2D eigenvalue weighted by Crippen LogP contribution is 2.28. The molecule has 31 heavy (non-hydrogen) atoms. The molecule has 0 saturated heterocycles. The van der Waals surface area contributed by atoms with Crippen LogP contribution in [0.4, 0.5) is 0 Å². The number of carbonyl (C=O) groups is 3. The van der Waals surface area contributed by atoms with E-state index in [2.05, 4.69) is 4.72 Å². The summed E-state index contributed by atoms with van der Waals surface area (Å²) in [4.78, 5) is 37.4. The third-order valence-corrected chi connectivity index (χ3v) is 6.35. The van der Waals surface area contributed by atoms with Gasteiger partial charge in [-0.05, 0) is 42.7 Å². The summed E-state index contributed by atoms with van der Waals surface area (Å²) in [6, 6.07) is 9.87. The van der Waals surface area contributed by atoms with Gasteiger partial charge < -0.3 is 14.7 Å². The summed E-state index contributed by atoms with van der Waals surface area (Å²) in [5, 5.41) is 10.8. The molecule has 0 bridgehead atoms. The summed E-state index contributed by atoms with van der Waals surface area (Å²) < 4.78 is 33.0. The first-order valence-corrected chi connectivity index (χ1v) is 11.4. The van der Waals surface area contributed by atoms with Gasteiger partial charge in [0.25, 0.3) is 0 Å². The minimum Gasteiger partial charge on any atom is -0.481 e. The highest BCUT2D eigenvalue weighted by atomic mass is 32.2. The van der Waals surface area contributed by atoms with Crippen molar-refractivity contribution in [3.05, 3.63) is 42.5 Å². The van der Waals surface area contributed by atoms with Crippen molar-refractivity contribution < 1.29 is 32.6 Å². The van der Waals surface area contributed by atoms with E-state index in [1.165, 1.54) is 17.0 Å². The number of hydrogen-bond donors (Lipinski definition) is 2. The van der Waals surface area contributed by atoms with Crippen LogP contribution in [0.5, 0.6) is 0 Å². The predicted octanol–water partition coefficient (Wildman–Crippen LogP) is 1.52. The first-order chi connectivity index (χ1) is 14.7. The van der Waals surface area contributed by atoms with Gasteiger partial charge in [-0.3, -0.25) is 14.4 Å². The molecule has 1 fully saturated rings. The molecule has 1 amide bonds. The van der Waals surface area contributed by atoms with Gasteiger partial charge in [0.05, 0.1) is 17.9 Å². The number of carboxylic acids is 1. The Kier molecular flexibility index (Phi) is 6.91. The maximum Gasteiger partial charge on any atom is 0.325 e. The van der Waals surface area contributed by atoms with Crippen molar-refractivity contribution in [1.82, 2.24) is 9.62 Å². The third kappa shape index (κ3) is 5.80. The fourth-order valence-corrected chi connectivity index (χ4v) is 4.49. The first-order valence-electron chi connectivity index (χ1n) is 9.90. The highest BCUT2D eigenvalue weighted by molar-refractivity contribution is 7.89. The van der Waals surface area contributed by atoms with Gasteiger partial charge >= 0.3 is 11.9 Å². The number of hydrogen-bond acceptors (Lipinski definition) is 6. The molecule has 9 nitrogen and oxygen atoms in total. The second kappa shape index (κ2) is 9.44. The molecule has 2 N–H and O–H groups in total. The average molecular weight is 448 g/mol. The molecule has 1 saturated carbocycles. The van der Waals surface area contributed by atoms with Crippen molar-refractivity contribution in [2.75, 3.05) is 13.2 Å². The standard InChI is InChI=1S/C21H24N2O7S/c1-2-30-20(26)13-23(16-8-9-16)21(27)18(12-19(24)25)22-31(28,29)17-10-7-14-5-3-4-6-15(14)11-17/h3-7,10-11,16,18,22H,2,8-9,12-13H2,1H3,(H,24,25). The van der Waals surface area contributed by atoms with Crippen LogP contribution in [0.2, 0.25) is 0 Å². The molecule has 0 aromatic heterocycles. The molecule has 0 heterocycles. The van der Waals surface area contributed by atoms with Crippen LogP contribution in [-0.4, -0.2) is 61.5 Å². The largest absolute Gasteiger partial charge is 0.481 e. The number of amides is 1. The summed E-state index contributed by atoms with van der Waals surface area (Å²) in [6.07, 6.45) is 0.558. The van der Waals surface area contributed by atoms with Crippen molar-refractivity contribution in [2.24, 2.45) is 0 Å². The molecule has 0 radical (unpaired) electrons. The van der Waals surface area contributed by atoms with E-state index >= 15 is 0 Å². The van der Waals surface area contributed by atoms with E-state index in [0.29, 0.717) is 18.2 Å². The van der Waals surface area contributed by atoms with Gasteiger partial charge in [-0.25, -0.2) is 8.42 Å². The number of ether oxygens (including phenoxy) is 1. The van der Waals surface area contributed by atoms with Crippen LogP contribution in [0.25, 0.3) is 10.8 Å². The Morgan fingerprint density at radius 2 is 1.84 bits per heavy atom. The zero-order chi connectivity index (χ0) is 22.6. The van der Waals surface area contributed by atoms with Gasteiger partial charge in [-0.2, -0.15) is 4.72 Å². The summed E-state index contributed by atoms with van der Waals surface area (Å²) in [6.45, 7) is 1.41. The monoisotopic (exact) mass is 448 g/mol. The van der Waals surface area contributed by atoms with E-state index in [9.17, 15) is 27.9 Å². The summed E-state index contributed by atoms with van der Waals surface area (Å²) in [7, 11) is -4.20. The Hall–Kier alpha value is -2.98. The van der Waals surface area contributed by atoms with E-state index < -0.39 is 40.3 Å². The van der Waals surface area contributed by atoms with Crippen LogP contribution in [0.15, 0.2) is 47.4 Å². The molecule has 1 unspecified atom stereocenters.